The van der Waals surface area contributed by atoms with Gasteiger partial charge in [-0.1, -0.05) is 55.8 Å². The summed E-state index contributed by atoms with van der Waals surface area (Å²) in [6.07, 6.45) is 2.33. The van der Waals surface area contributed by atoms with Gasteiger partial charge in [-0.2, -0.15) is 0 Å². The van der Waals surface area contributed by atoms with Crippen LogP contribution < -0.4 is 10.2 Å². The number of carbonyl (C=O) groups is 2. The second-order valence-electron chi connectivity index (χ2n) is 8.23. The lowest BCUT2D eigenvalue weighted by Gasteiger charge is -2.23. The average molecular weight is 379 g/mol. The SMILES string of the molecule is Cc1ccc(CN(C(=O)C2CC2)c2ccc(CC(=O)NCC(C)C)cc2)cc1. The molecule has 148 valence electrons. The Bertz CT molecular complexity index is 806. The fourth-order valence-corrected chi connectivity index (χ4v) is 3.08. The van der Waals surface area contributed by atoms with Gasteiger partial charge in [-0.3, -0.25) is 9.59 Å². The molecule has 0 saturated heterocycles. The van der Waals surface area contributed by atoms with Gasteiger partial charge in [0.15, 0.2) is 0 Å². The predicted molar refractivity (Wildman–Crippen MR) is 113 cm³/mol. The van der Waals surface area contributed by atoms with E-state index >= 15 is 0 Å². The number of hydrogen-bond donors (Lipinski definition) is 1. The van der Waals surface area contributed by atoms with Crippen LogP contribution in [0.25, 0.3) is 0 Å². The van der Waals surface area contributed by atoms with Crippen molar-refractivity contribution >= 4 is 17.5 Å². The highest BCUT2D eigenvalue weighted by Crippen LogP contribution is 2.33. The first kappa shape index (κ1) is 20.1. The van der Waals surface area contributed by atoms with Crippen LogP contribution >= 0.6 is 0 Å². The van der Waals surface area contributed by atoms with E-state index in [4.69, 9.17) is 0 Å². The van der Waals surface area contributed by atoms with Crippen LogP contribution in [0.15, 0.2) is 48.5 Å². The number of amides is 2. The molecular weight excluding hydrogens is 348 g/mol. The van der Waals surface area contributed by atoms with E-state index in [1.165, 1.54) is 5.56 Å². The van der Waals surface area contributed by atoms with Gasteiger partial charge in [-0.25, -0.2) is 0 Å². The molecule has 0 aliphatic heterocycles. The lowest BCUT2D eigenvalue weighted by Crippen LogP contribution is -2.31. The molecule has 4 nitrogen and oxygen atoms in total. The minimum Gasteiger partial charge on any atom is -0.356 e. The number of nitrogens with zero attached hydrogens (tertiary/aromatic N) is 1. The Morgan fingerprint density at radius 2 is 1.61 bits per heavy atom. The largest absolute Gasteiger partial charge is 0.356 e. The molecule has 2 aromatic carbocycles. The maximum atomic E-state index is 12.9. The van der Waals surface area contributed by atoms with Crippen molar-refractivity contribution in [3.8, 4) is 0 Å². The molecule has 3 rings (SSSR count). The summed E-state index contributed by atoms with van der Waals surface area (Å²) in [5, 5.41) is 2.94. The molecule has 0 unspecified atom stereocenters. The third kappa shape index (κ3) is 5.69. The number of aryl methyl sites for hydroxylation is 1. The average Bonchev–Trinajstić information content (AvgIpc) is 3.51. The summed E-state index contributed by atoms with van der Waals surface area (Å²) in [6.45, 7) is 7.48. The van der Waals surface area contributed by atoms with E-state index in [2.05, 4.69) is 50.4 Å². The summed E-state index contributed by atoms with van der Waals surface area (Å²) in [5.74, 6) is 0.831. The Balaban J connectivity index is 1.70. The zero-order valence-electron chi connectivity index (χ0n) is 17.1. The predicted octanol–water partition coefficient (Wildman–Crippen LogP) is 4.25. The Hall–Kier alpha value is -2.62. The van der Waals surface area contributed by atoms with Gasteiger partial charge in [0.1, 0.15) is 0 Å². The van der Waals surface area contributed by atoms with Gasteiger partial charge in [-0.05, 0) is 48.9 Å². The molecule has 0 spiro atoms. The molecule has 4 heteroatoms. The van der Waals surface area contributed by atoms with E-state index in [-0.39, 0.29) is 17.7 Å². The third-order valence-electron chi connectivity index (χ3n) is 4.97. The van der Waals surface area contributed by atoms with Gasteiger partial charge in [-0.15, -0.1) is 0 Å². The van der Waals surface area contributed by atoms with Gasteiger partial charge < -0.3 is 10.2 Å². The maximum absolute atomic E-state index is 12.9. The molecule has 1 aliphatic rings. The quantitative estimate of drug-likeness (QED) is 0.746. The molecule has 0 aromatic heterocycles. The van der Waals surface area contributed by atoms with Crippen molar-refractivity contribution in [3.63, 3.8) is 0 Å². The first-order valence-corrected chi connectivity index (χ1v) is 10.1. The summed E-state index contributed by atoms with van der Waals surface area (Å²) >= 11 is 0. The molecule has 1 aliphatic carbocycles. The van der Waals surface area contributed by atoms with Gasteiger partial charge in [0.2, 0.25) is 11.8 Å². The van der Waals surface area contributed by atoms with Crippen molar-refractivity contribution in [2.24, 2.45) is 11.8 Å². The first-order valence-electron chi connectivity index (χ1n) is 10.1. The number of benzene rings is 2. The summed E-state index contributed by atoms with van der Waals surface area (Å²) in [4.78, 5) is 26.8. The maximum Gasteiger partial charge on any atom is 0.230 e. The third-order valence-corrected chi connectivity index (χ3v) is 4.97. The molecule has 1 fully saturated rings. The smallest absolute Gasteiger partial charge is 0.230 e. The van der Waals surface area contributed by atoms with Crippen LogP contribution in [-0.2, 0) is 22.6 Å². The van der Waals surface area contributed by atoms with Crippen LogP contribution in [0, 0.1) is 18.8 Å². The molecule has 1 saturated carbocycles. The molecule has 0 radical (unpaired) electrons. The number of anilines is 1. The normalized spacial score (nSPS) is 13.4. The molecule has 0 atom stereocenters. The molecule has 28 heavy (non-hydrogen) atoms. The van der Waals surface area contributed by atoms with Crippen LogP contribution in [0.2, 0.25) is 0 Å². The van der Waals surface area contributed by atoms with Gasteiger partial charge in [0.25, 0.3) is 0 Å². The molecular formula is C24H30N2O2. The van der Waals surface area contributed by atoms with Crippen molar-refractivity contribution < 1.29 is 9.59 Å². The van der Waals surface area contributed by atoms with Crippen molar-refractivity contribution in [2.75, 3.05) is 11.4 Å². The van der Waals surface area contributed by atoms with E-state index in [9.17, 15) is 9.59 Å². The molecule has 2 aromatic rings. The Kier molecular flexibility index (Phi) is 6.50. The van der Waals surface area contributed by atoms with E-state index < -0.39 is 0 Å². The summed E-state index contributed by atoms with van der Waals surface area (Å²) in [6, 6.07) is 16.1. The van der Waals surface area contributed by atoms with Crippen LogP contribution in [0.4, 0.5) is 5.69 Å². The van der Waals surface area contributed by atoms with Crippen molar-refractivity contribution in [2.45, 2.75) is 46.6 Å². The summed E-state index contributed by atoms with van der Waals surface area (Å²) in [7, 11) is 0. The summed E-state index contributed by atoms with van der Waals surface area (Å²) < 4.78 is 0. The Morgan fingerprint density at radius 1 is 1.00 bits per heavy atom. The Labute approximate surface area is 167 Å². The topological polar surface area (TPSA) is 49.4 Å². The van der Waals surface area contributed by atoms with Gasteiger partial charge in [0, 0.05) is 18.2 Å². The second-order valence-corrected chi connectivity index (χ2v) is 8.23. The van der Waals surface area contributed by atoms with E-state index in [1.54, 1.807) is 0 Å². The first-order chi connectivity index (χ1) is 13.4. The second kappa shape index (κ2) is 9.05. The number of rotatable bonds is 8. The number of nitrogens with one attached hydrogen (secondary N) is 1. The van der Waals surface area contributed by atoms with Gasteiger partial charge >= 0.3 is 0 Å². The minimum absolute atomic E-state index is 0.0343. The highest BCUT2D eigenvalue weighted by molar-refractivity contribution is 5.96. The number of carbonyl (C=O) groups excluding carboxylic acids is 2. The van der Waals surface area contributed by atoms with E-state index in [0.29, 0.717) is 25.4 Å². The number of hydrogen-bond acceptors (Lipinski definition) is 2. The lowest BCUT2D eigenvalue weighted by atomic mass is 10.1. The lowest BCUT2D eigenvalue weighted by molar-refractivity contribution is -0.121. The van der Waals surface area contributed by atoms with Crippen LogP contribution in [0.5, 0.6) is 0 Å². The zero-order valence-corrected chi connectivity index (χ0v) is 17.1. The Morgan fingerprint density at radius 3 is 2.18 bits per heavy atom. The van der Waals surface area contributed by atoms with Crippen LogP contribution in [-0.4, -0.2) is 18.4 Å². The molecule has 0 heterocycles. The van der Waals surface area contributed by atoms with Crippen molar-refractivity contribution in [3.05, 3.63) is 65.2 Å². The van der Waals surface area contributed by atoms with E-state index in [0.717, 1.165) is 29.7 Å². The summed E-state index contributed by atoms with van der Waals surface area (Å²) in [5.41, 5.74) is 4.18. The van der Waals surface area contributed by atoms with Crippen LogP contribution in [0.3, 0.4) is 0 Å². The fraction of sp³-hybridized carbons (Fsp3) is 0.417. The standard InChI is InChI=1S/C24H30N2O2/c1-17(2)15-25-23(27)14-19-8-12-22(13-9-19)26(24(28)21-10-11-21)16-20-6-4-18(3)5-7-20/h4-9,12-13,17,21H,10-11,14-16H2,1-3H3,(H,25,27). The van der Waals surface area contributed by atoms with Crippen molar-refractivity contribution in [1.82, 2.24) is 5.32 Å². The molecule has 2 amide bonds. The van der Waals surface area contributed by atoms with Crippen molar-refractivity contribution in [1.29, 1.82) is 0 Å². The monoisotopic (exact) mass is 378 g/mol. The van der Waals surface area contributed by atoms with Crippen LogP contribution in [0.1, 0.15) is 43.4 Å². The highest BCUT2D eigenvalue weighted by Gasteiger charge is 2.34. The van der Waals surface area contributed by atoms with E-state index in [1.807, 2.05) is 29.2 Å². The minimum atomic E-state index is 0.0343. The molecule has 0 bridgehead atoms. The molecule has 1 N–H and O–H groups in total. The van der Waals surface area contributed by atoms with Gasteiger partial charge in [0.05, 0.1) is 13.0 Å². The highest BCUT2D eigenvalue weighted by atomic mass is 16.2. The fourth-order valence-electron chi connectivity index (χ4n) is 3.08. The zero-order chi connectivity index (χ0) is 20.1.